The molecule has 14 heavy (non-hydrogen) atoms. The van der Waals surface area contributed by atoms with Crippen LogP contribution in [0.25, 0.3) is 0 Å². The smallest absolute Gasteiger partial charge is 0.227 e. The molecule has 0 radical (unpaired) electrons. The molecule has 0 amide bonds. The third kappa shape index (κ3) is 2.30. The molecule has 0 saturated carbocycles. The van der Waals surface area contributed by atoms with E-state index >= 15 is 0 Å². The Kier molecular flexibility index (Phi) is 3.10. The molecule has 0 bridgehead atoms. The Bertz CT molecular complexity index is 281. The average Bonchev–Trinajstić information content (AvgIpc) is 2.67. The zero-order valence-electron chi connectivity index (χ0n) is 8.07. The molecule has 0 spiro atoms. The highest BCUT2D eigenvalue weighted by atomic mass is 16.5. The molecule has 1 aliphatic rings. The molecule has 1 aromatic heterocycles. The van der Waals surface area contributed by atoms with Gasteiger partial charge in [-0.2, -0.15) is 4.98 Å². The predicted octanol–water partition coefficient (Wildman–Crippen LogP) is 0.104. The second kappa shape index (κ2) is 4.52. The van der Waals surface area contributed by atoms with Gasteiger partial charge in [-0.3, -0.25) is 0 Å². The summed E-state index contributed by atoms with van der Waals surface area (Å²) in [6.45, 7) is 1.99. The lowest BCUT2D eigenvalue weighted by Crippen LogP contribution is -2.30. The Morgan fingerprint density at radius 1 is 1.57 bits per heavy atom. The van der Waals surface area contributed by atoms with E-state index in [9.17, 15) is 0 Å². The number of nitrogens with one attached hydrogen (secondary N) is 1. The Balaban J connectivity index is 1.89. The molecule has 2 heterocycles. The first-order chi connectivity index (χ1) is 6.88. The highest BCUT2D eigenvalue weighted by Gasteiger charge is 2.16. The number of aromatic nitrogens is 2. The zero-order valence-corrected chi connectivity index (χ0v) is 8.07. The lowest BCUT2D eigenvalue weighted by atomic mass is 9.96. The van der Waals surface area contributed by atoms with E-state index in [0.717, 1.165) is 19.5 Å². The van der Waals surface area contributed by atoms with Gasteiger partial charge in [-0.05, 0) is 31.8 Å². The summed E-state index contributed by atoms with van der Waals surface area (Å²) in [6.07, 6.45) is 3.25. The Morgan fingerprint density at radius 2 is 2.50 bits per heavy atom. The largest absolute Gasteiger partial charge is 0.388 e. The molecule has 78 valence electrons. The third-order valence-corrected chi connectivity index (χ3v) is 2.51. The summed E-state index contributed by atoms with van der Waals surface area (Å²) in [5, 5.41) is 15.7. The first-order valence-electron chi connectivity index (χ1n) is 5.01. The number of aliphatic hydroxyl groups is 1. The SMILES string of the molecule is OCc1noc(CC2CCCNC2)n1. The van der Waals surface area contributed by atoms with Crippen LogP contribution in [0.2, 0.25) is 0 Å². The lowest BCUT2D eigenvalue weighted by Gasteiger charge is -2.20. The standard InChI is InChI=1S/C9H15N3O2/c13-6-8-11-9(14-12-8)4-7-2-1-3-10-5-7/h7,10,13H,1-6H2. The van der Waals surface area contributed by atoms with Gasteiger partial charge < -0.3 is 14.9 Å². The summed E-state index contributed by atoms with van der Waals surface area (Å²) < 4.78 is 5.01. The molecule has 5 nitrogen and oxygen atoms in total. The lowest BCUT2D eigenvalue weighted by molar-refractivity contribution is 0.261. The summed E-state index contributed by atoms with van der Waals surface area (Å²) >= 11 is 0. The predicted molar refractivity (Wildman–Crippen MR) is 49.5 cm³/mol. The molecule has 0 aromatic carbocycles. The highest BCUT2D eigenvalue weighted by Crippen LogP contribution is 2.15. The summed E-state index contributed by atoms with van der Waals surface area (Å²) in [7, 11) is 0. The number of aliphatic hydroxyl groups excluding tert-OH is 1. The molecular weight excluding hydrogens is 182 g/mol. The van der Waals surface area contributed by atoms with E-state index in [1.54, 1.807) is 0 Å². The second-order valence-electron chi connectivity index (χ2n) is 3.68. The van der Waals surface area contributed by atoms with Gasteiger partial charge in [0.25, 0.3) is 0 Å². The van der Waals surface area contributed by atoms with Crippen molar-refractivity contribution < 1.29 is 9.63 Å². The fourth-order valence-corrected chi connectivity index (χ4v) is 1.78. The van der Waals surface area contributed by atoms with Gasteiger partial charge in [0.15, 0.2) is 5.82 Å². The van der Waals surface area contributed by atoms with Crippen LogP contribution in [0.5, 0.6) is 0 Å². The molecule has 1 fully saturated rings. The average molecular weight is 197 g/mol. The van der Waals surface area contributed by atoms with Gasteiger partial charge in [0.2, 0.25) is 5.89 Å². The monoisotopic (exact) mass is 197 g/mol. The summed E-state index contributed by atoms with van der Waals surface area (Å²) in [4.78, 5) is 4.07. The van der Waals surface area contributed by atoms with E-state index < -0.39 is 0 Å². The van der Waals surface area contributed by atoms with Crippen LogP contribution in [-0.2, 0) is 13.0 Å². The maximum absolute atomic E-state index is 8.76. The number of hydrogen-bond acceptors (Lipinski definition) is 5. The van der Waals surface area contributed by atoms with E-state index in [1.165, 1.54) is 12.8 Å². The van der Waals surface area contributed by atoms with Crippen molar-refractivity contribution in [1.29, 1.82) is 0 Å². The van der Waals surface area contributed by atoms with Crippen LogP contribution < -0.4 is 5.32 Å². The van der Waals surface area contributed by atoms with E-state index in [-0.39, 0.29) is 6.61 Å². The molecule has 2 rings (SSSR count). The normalized spacial score (nSPS) is 22.5. The fraction of sp³-hybridized carbons (Fsp3) is 0.778. The number of piperidine rings is 1. The molecule has 0 aliphatic carbocycles. The summed E-state index contributed by atoms with van der Waals surface area (Å²) in [6, 6.07) is 0. The maximum atomic E-state index is 8.76. The van der Waals surface area contributed by atoms with Gasteiger partial charge in [-0.1, -0.05) is 5.16 Å². The first kappa shape index (κ1) is 9.61. The fourth-order valence-electron chi connectivity index (χ4n) is 1.78. The molecular formula is C9H15N3O2. The molecule has 2 N–H and O–H groups in total. The van der Waals surface area contributed by atoms with E-state index in [4.69, 9.17) is 9.63 Å². The van der Waals surface area contributed by atoms with Crippen molar-refractivity contribution in [3.8, 4) is 0 Å². The summed E-state index contributed by atoms with van der Waals surface area (Å²) in [5.41, 5.74) is 0. The van der Waals surface area contributed by atoms with Crippen LogP contribution in [0.4, 0.5) is 0 Å². The molecule has 1 aliphatic heterocycles. The van der Waals surface area contributed by atoms with Crippen LogP contribution >= 0.6 is 0 Å². The quantitative estimate of drug-likeness (QED) is 0.719. The molecule has 1 atom stereocenters. The van der Waals surface area contributed by atoms with Crippen LogP contribution in [0.3, 0.4) is 0 Å². The Morgan fingerprint density at radius 3 is 3.14 bits per heavy atom. The molecule has 1 saturated heterocycles. The Labute approximate surface area is 82.5 Å². The van der Waals surface area contributed by atoms with E-state index in [2.05, 4.69) is 15.5 Å². The van der Waals surface area contributed by atoms with Crippen LogP contribution in [0.15, 0.2) is 4.52 Å². The first-order valence-corrected chi connectivity index (χ1v) is 5.01. The minimum absolute atomic E-state index is 0.146. The topological polar surface area (TPSA) is 71.2 Å². The summed E-state index contributed by atoms with van der Waals surface area (Å²) in [5.74, 6) is 1.61. The molecule has 1 unspecified atom stereocenters. The second-order valence-corrected chi connectivity index (χ2v) is 3.68. The highest BCUT2D eigenvalue weighted by molar-refractivity contribution is 4.87. The third-order valence-electron chi connectivity index (χ3n) is 2.51. The number of nitrogens with zero attached hydrogens (tertiary/aromatic N) is 2. The van der Waals surface area contributed by atoms with E-state index in [0.29, 0.717) is 17.6 Å². The minimum Gasteiger partial charge on any atom is -0.388 e. The van der Waals surface area contributed by atoms with Gasteiger partial charge in [0.1, 0.15) is 6.61 Å². The van der Waals surface area contributed by atoms with Crippen molar-refractivity contribution in [2.24, 2.45) is 5.92 Å². The Hall–Kier alpha value is -0.940. The molecule has 1 aromatic rings. The van der Waals surface area contributed by atoms with Crippen molar-refractivity contribution in [1.82, 2.24) is 15.5 Å². The minimum atomic E-state index is -0.146. The van der Waals surface area contributed by atoms with Crippen molar-refractivity contribution >= 4 is 0 Å². The van der Waals surface area contributed by atoms with Gasteiger partial charge in [0.05, 0.1) is 0 Å². The van der Waals surface area contributed by atoms with Crippen LogP contribution in [-0.4, -0.2) is 28.3 Å². The van der Waals surface area contributed by atoms with Crippen molar-refractivity contribution in [2.75, 3.05) is 13.1 Å². The zero-order chi connectivity index (χ0) is 9.80. The van der Waals surface area contributed by atoms with Gasteiger partial charge in [-0.25, -0.2) is 0 Å². The van der Waals surface area contributed by atoms with Crippen molar-refractivity contribution in [3.63, 3.8) is 0 Å². The number of rotatable bonds is 3. The van der Waals surface area contributed by atoms with Crippen LogP contribution in [0, 0.1) is 5.92 Å². The number of hydrogen-bond donors (Lipinski definition) is 2. The molecule has 5 heteroatoms. The van der Waals surface area contributed by atoms with Crippen molar-refractivity contribution in [3.05, 3.63) is 11.7 Å². The van der Waals surface area contributed by atoms with Crippen molar-refractivity contribution in [2.45, 2.75) is 25.9 Å². The van der Waals surface area contributed by atoms with Gasteiger partial charge >= 0.3 is 0 Å². The van der Waals surface area contributed by atoms with Gasteiger partial charge in [-0.15, -0.1) is 0 Å². The van der Waals surface area contributed by atoms with E-state index in [1.807, 2.05) is 0 Å². The maximum Gasteiger partial charge on any atom is 0.227 e. The van der Waals surface area contributed by atoms with Crippen LogP contribution in [0.1, 0.15) is 24.6 Å². The van der Waals surface area contributed by atoms with Gasteiger partial charge in [0, 0.05) is 6.42 Å².